The maximum Gasteiger partial charge on any atom is 0.131 e. The predicted octanol–water partition coefficient (Wildman–Crippen LogP) is 9.66. The minimum atomic E-state index is -0.412. The zero-order chi connectivity index (χ0) is 26.1. The fraction of sp³-hybridized carbons (Fsp3) is 0.200. The molecule has 186 valence electrons. The first-order valence-electron chi connectivity index (χ1n) is 11.9. The molecule has 36 heavy (non-hydrogen) atoms. The van der Waals surface area contributed by atoms with E-state index >= 15 is 13.2 Å². The Labute approximate surface area is 227 Å². The molecule has 4 aromatic carbocycles. The summed E-state index contributed by atoms with van der Waals surface area (Å²) < 4.78 is 46.3. The summed E-state index contributed by atoms with van der Waals surface area (Å²) in [5.41, 5.74) is 5.50. The molecule has 0 atom stereocenters. The maximum atomic E-state index is 15.4. The van der Waals surface area contributed by atoms with Crippen LogP contribution in [0, 0.1) is 17.5 Å². The van der Waals surface area contributed by atoms with Crippen molar-refractivity contribution in [2.75, 3.05) is 0 Å². The minimum Gasteiger partial charge on any atom is -0.206 e. The molecule has 0 aliphatic heterocycles. The predicted molar refractivity (Wildman–Crippen MR) is 153 cm³/mol. The molecule has 0 nitrogen and oxygen atoms in total. The summed E-state index contributed by atoms with van der Waals surface area (Å²) in [6.07, 6.45) is 1.56. The van der Waals surface area contributed by atoms with E-state index in [1.165, 1.54) is 18.2 Å². The third kappa shape index (κ3) is 4.83. The molecule has 0 spiro atoms. The molecule has 0 heterocycles. The van der Waals surface area contributed by atoms with E-state index < -0.39 is 17.5 Å². The van der Waals surface area contributed by atoms with Gasteiger partial charge in [-0.15, -0.1) is 37.9 Å². The standard InChI is InChI=1S/C30H27F3S3/c1-4-19-28(22-13-16(34)7-10-25(22)31)20(5-2)30(24-15-18(36)9-12-27(24)33)21(6-3)29(19)23-14-17(35)8-11-26(23)32/h7-15,34-36H,4-6H2,1-3H3. The summed E-state index contributed by atoms with van der Waals surface area (Å²) in [6.45, 7) is 5.92. The van der Waals surface area contributed by atoms with E-state index in [1.807, 2.05) is 20.8 Å². The second-order valence-electron chi connectivity index (χ2n) is 8.61. The number of hydrogen-bond acceptors (Lipinski definition) is 3. The molecule has 4 aromatic rings. The maximum absolute atomic E-state index is 15.4. The van der Waals surface area contributed by atoms with Gasteiger partial charge in [0.25, 0.3) is 0 Å². The largest absolute Gasteiger partial charge is 0.206 e. The highest BCUT2D eigenvalue weighted by atomic mass is 32.1. The summed E-state index contributed by atoms with van der Waals surface area (Å²) in [7, 11) is 0. The molecule has 0 radical (unpaired) electrons. The molecule has 0 amide bonds. The first-order chi connectivity index (χ1) is 17.2. The van der Waals surface area contributed by atoms with Crippen molar-refractivity contribution in [2.45, 2.75) is 54.7 Å². The fourth-order valence-electron chi connectivity index (χ4n) is 5.07. The van der Waals surface area contributed by atoms with Crippen molar-refractivity contribution in [2.24, 2.45) is 0 Å². The summed E-state index contributed by atoms with van der Waals surface area (Å²) in [5, 5.41) is 0. The van der Waals surface area contributed by atoms with Crippen molar-refractivity contribution in [3.8, 4) is 33.4 Å². The monoisotopic (exact) mass is 540 g/mol. The van der Waals surface area contributed by atoms with Gasteiger partial charge in [-0.1, -0.05) is 20.8 Å². The van der Waals surface area contributed by atoms with E-state index in [9.17, 15) is 0 Å². The Morgan fingerprint density at radius 3 is 0.944 bits per heavy atom. The highest BCUT2D eigenvalue weighted by molar-refractivity contribution is 7.80. The molecule has 0 saturated heterocycles. The quantitative estimate of drug-likeness (QED) is 0.199. The molecule has 0 unspecified atom stereocenters. The third-order valence-corrected chi connectivity index (χ3v) is 7.36. The van der Waals surface area contributed by atoms with Crippen LogP contribution in [-0.2, 0) is 19.3 Å². The SMILES string of the molecule is CCc1c(-c2cc(S)ccc2F)c(CC)c(-c2cc(S)ccc2F)c(CC)c1-c1cc(S)ccc1F. The van der Waals surface area contributed by atoms with Crippen LogP contribution >= 0.6 is 37.9 Å². The number of thiol groups is 3. The number of hydrogen-bond donors (Lipinski definition) is 3. The summed E-state index contributed by atoms with van der Waals surface area (Å²) in [4.78, 5) is 1.81. The second-order valence-corrected chi connectivity index (χ2v) is 10.2. The molecular weight excluding hydrogens is 514 g/mol. The molecule has 0 fully saturated rings. The minimum absolute atomic E-state index is 0.367. The van der Waals surface area contributed by atoms with Gasteiger partial charge >= 0.3 is 0 Å². The van der Waals surface area contributed by atoms with Gasteiger partial charge in [0, 0.05) is 31.4 Å². The van der Waals surface area contributed by atoms with E-state index in [0.29, 0.717) is 67.3 Å². The van der Waals surface area contributed by atoms with Gasteiger partial charge in [-0.3, -0.25) is 0 Å². The van der Waals surface area contributed by atoms with Gasteiger partial charge in [0.05, 0.1) is 0 Å². The topological polar surface area (TPSA) is 0 Å². The number of rotatable bonds is 6. The zero-order valence-corrected chi connectivity index (χ0v) is 23.0. The molecular formula is C30H27F3S3. The van der Waals surface area contributed by atoms with Gasteiger partial charge in [0.1, 0.15) is 17.5 Å². The van der Waals surface area contributed by atoms with Crippen LogP contribution in [0.5, 0.6) is 0 Å². The Kier molecular flexibility index (Phi) is 8.18. The van der Waals surface area contributed by atoms with Crippen LogP contribution in [0.25, 0.3) is 33.4 Å². The van der Waals surface area contributed by atoms with Crippen LogP contribution in [0.3, 0.4) is 0 Å². The van der Waals surface area contributed by atoms with Crippen LogP contribution in [0.4, 0.5) is 13.2 Å². The van der Waals surface area contributed by atoms with Crippen molar-refractivity contribution >= 4 is 37.9 Å². The van der Waals surface area contributed by atoms with E-state index in [0.717, 1.165) is 16.7 Å². The van der Waals surface area contributed by atoms with Crippen LogP contribution in [0.15, 0.2) is 69.3 Å². The Balaban J connectivity index is 2.32. The molecule has 6 heteroatoms. The van der Waals surface area contributed by atoms with Crippen molar-refractivity contribution in [3.05, 3.63) is 88.7 Å². The van der Waals surface area contributed by atoms with Crippen molar-refractivity contribution in [1.82, 2.24) is 0 Å². The summed E-state index contributed by atoms with van der Waals surface area (Å²) in [5.74, 6) is -1.24. The lowest BCUT2D eigenvalue weighted by Gasteiger charge is -2.27. The molecule has 0 aliphatic rings. The number of halogens is 3. The van der Waals surface area contributed by atoms with Crippen molar-refractivity contribution < 1.29 is 13.2 Å². The van der Waals surface area contributed by atoms with Gasteiger partial charge in [-0.05, 0) is 107 Å². The molecule has 0 N–H and O–H groups in total. The molecule has 0 aliphatic carbocycles. The van der Waals surface area contributed by atoms with Crippen LogP contribution < -0.4 is 0 Å². The Morgan fingerprint density at radius 1 is 0.472 bits per heavy atom. The molecule has 4 rings (SSSR count). The van der Waals surface area contributed by atoms with Crippen LogP contribution in [0.1, 0.15) is 37.5 Å². The van der Waals surface area contributed by atoms with Crippen molar-refractivity contribution in [3.63, 3.8) is 0 Å². The first kappa shape index (κ1) is 26.8. The average molecular weight is 541 g/mol. The van der Waals surface area contributed by atoms with Gasteiger partial charge < -0.3 is 0 Å². The smallest absolute Gasteiger partial charge is 0.131 e. The lowest BCUT2D eigenvalue weighted by atomic mass is 9.77. The van der Waals surface area contributed by atoms with Crippen LogP contribution in [-0.4, -0.2) is 0 Å². The van der Waals surface area contributed by atoms with Crippen LogP contribution in [0.2, 0.25) is 0 Å². The fourth-order valence-corrected chi connectivity index (χ4v) is 5.68. The van der Waals surface area contributed by atoms with Gasteiger partial charge in [-0.25, -0.2) is 13.2 Å². The van der Waals surface area contributed by atoms with Gasteiger partial charge in [0.15, 0.2) is 0 Å². The van der Waals surface area contributed by atoms with Crippen molar-refractivity contribution in [1.29, 1.82) is 0 Å². The normalized spacial score (nSPS) is 11.2. The lowest BCUT2D eigenvalue weighted by Crippen LogP contribution is -2.09. The van der Waals surface area contributed by atoms with E-state index in [1.54, 1.807) is 36.4 Å². The summed E-state index contributed by atoms with van der Waals surface area (Å²) >= 11 is 13.4. The van der Waals surface area contributed by atoms with Gasteiger partial charge in [0.2, 0.25) is 0 Å². The lowest BCUT2D eigenvalue weighted by molar-refractivity contribution is 0.628. The zero-order valence-electron chi connectivity index (χ0n) is 20.3. The molecule has 0 aromatic heterocycles. The Bertz CT molecular complexity index is 1260. The molecule has 0 bridgehead atoms. The number of benzene rings is 4. The highest BCUT2D eigenvalue weighted by Gasteiger charge is 2.28. The van der Waals surface area contributed by atoms with E-state index in [-0.39, 0.29) is 0 Å². The third-order valence-electron chi connectivity index (χ3n) is 6.53. The summed E-state index contributed by atoms with van der Waals surface area (Å²) in [6, 6.07) is 14.0. The van der Waals surface area contributed by atoms with Gasteiger partial charge in [-0.2, -0.15) is 0 Å². The van der Waals surface area contributed by atoms with E-state index in [2.05, 4.69) is 37.9 Å². The second kappa shape index (κ2) is 11.0. The Morgan fingerprint density at radius 2 is 0.722 bits per heavy atom. The average Bonchev–Trinajstić information content (AvgIpc) is 2.86. The first-order valence-corrected chi connectivity index (χ1v) is 13.2. The highest BCUT2D eigenvalue weighted by Crippen LogP contribution is 2.47. The van der Waals surface area contributed by atoms with E-state index in [4.69, 9.17) is 0 Å². The Hall–Kier alpha value is -2.28. The molecule has 0 saturated carbocycles.